The molecule has 2 aromatic carbocycles. The number of benzene rings is 2. The Morgan fingerprint density at radius 1 is 1.13 bits per heavy atom. The van der Waals surface area contributed by atoms with Crippen LogP contribution in [0.2, 0.25) is 0 Å². The van der Waals surface area contributed by atoms with Crippen LogP contribution in [0.3, 0.4) is 0 Å². The van der Waals surface area contributed by atoms with Crippen LogP contribution in [0.1, 0.15) is 39.0 Å². The van der Waals surface area contributed by atoms with Gasteiger partial charge in [-0.1, -0.05) is 0 Å². The minimum absolute atomic E-state index is 0.0572. The number of hydrogen-bond donors (Lipinski definition) is 1. The van der Waals surface area contributed by atoms with Crippen molar-refractivity contribution in [3.63, 3.8) is 0 Å². The Labute approximate surface area is 181 Å². The predicted octanol–water partition coefficient (Wildman–Crippen LogP) is 4.12. The summed E-state index contributed by atoms with van der Waals surface area (Å²) in [5, 5.41) is 2.94. The normalized spacial score (nSPS) is 21.0. The number of hydrogen-bond acceptors (Lipinski definition) is 5. The fourth-order valence-corrected chi connectivity index (χ4v) is 4.56. The maximum absolute atomic E-state index is 12.8. The molecule has 1 spiro atoms. The average Bonchev–Trinajstić information content (AvgIpc) is 3.47. The first-order valence-electron chi connectivity index (χ1n) is 10.9. The standard InChI is InChI=1S/C24H26N2O5/c1-2-29-19-8-6-18(7-9-19)26-15-16(13-22(26)27)23(28)25-17-5-10-20-21(14-17)31-24(30-20)11-3-4-12-24/h5-10,14,16H,2-4,11-13,15H2,1H3,(H,25,28)/t16-/m1/s1. The molecule has 2 heterocycles. The van der Waals surface area contributed by atoms with Gasteiger partial charge < -0.3 is 24.4 Å². The van der Waals surface area contributed by atoms with Crippen molar-refractivity contribution in [2.45, 2.75) is 44.8 Å². The van der Waals surface area contributed by atoms with Crippen molar-refractivity contribution in [3.05, 3.63) is 42.5 Å². The number of nitrogens with one attached hydrogen (secondary N) is 1. The predicted molar refractivity (Wildman–Crippen MR) is 116 cm³/mol. The molecule has 1 atom stereocenters. The molecule has 3 aliphatic rings. The highest BCUT2D eigenvalue weighted by Gasteiger charge is 2.44. The highest BCUT2D eigenvalue weighted by molar-refractivity contribution is 6.03. The van der Waals surface area contributed by atoms with Crippen molar-refractivity contribution in [2.24, 2.45) is 5.92 Å². The van der Waals surface area contributed by atoms with Gasteiger partial charge >= 0.3 is 0 Å². The summed E-state index contributed by atoms with van der Waals surface area (Å²) in [5.41, 5.74) is 1.42. The number of anilines is 2. The van der Waals surface area contributed by atoms with Crippen LogP contribution in [0.4, 0.5) is 11.4 Å². The quantitative estimate of drug-likeness (QED) is 0.784. The second kappa shape index (κ2) is 7.80. The van der Waals surface area contributed by atoms with Crippen molar-refractivity contribution in [3.8, 4) is 17.2 Å². The van der Waals surface area contributed by atoms with E-state index in [1.54, 1.807) is 11.0 Å². The first-order chi connectivity index (χ1) is 15.0. The fraction of sp³-hybridized carbons (Fsp3) is 0.417. The Morgan fingerprint density at radius 2 is 1.87 bits per heavy atom. The SMILES string of the molecule is CCOc1ccc(N2C[C@H](C(=O)Nc3ccc4c(c3)OC3(CCCC3)O4)CC2=O)cc1. The second-order valence-electron chi connectivity index (χ2n) is 8.30. The van der Waals surface area contributed by atoms with E-state index in [2.05, 4.69) is 5.32 Å². The molecule has 31 heavy (non-hydrogen) atoms. The highest BCUT2D eigenvalue weighted by Crippen LogP contribution is 2.47. The Kier molecular flexibility index (Phi) is 4.96. The third-order valence-corrected chi connectivity index (χ3v) is 6.12. The summed E-state index contributed by atoms with van der Waals surface area (Å²) in [5.74, 6) is 0.978. The van der Waals surface area contributed by atoms with Gasteiger partial charge in [0.05, 0.1) is 12.5 Å². The van der Waals surface area contributed by atoms with Crippen LogP contribution in [0.25, 0.3) is 0 Å². The number of nitrogens with zero attached hydrogens (tertiary/aromatic N) is 1. The van der Waals surface area contributed by atoms with Gasteiger partial charge in [-0.25, -0.2) is 0 Å². The number of rotatable bonds is 5. The lowest BCUT2D eigenvalue weighted by Crippen LogP contribution is -2.34. The lowest BCUT2D eigenvalue weighted by atomic mass is 10.1. The lowest BCUT2D eigenvalue weighted by molar-refractivity contribution is -0.122. The molecule has 1 aliphatic carbocycles. The molecule has 0 aromatic heterocycles. The maximum atomic E-state index is 12.8. The Bertz CT molecular complexity index is 998. The zero-order chi connectivity index (χ0) is 21.4. The minimum atomic E-state index is -0.527. The molecule has 7 nitrogen and oxygen atoms in total. The van der Waals surface area contributed by atoms with Gasteiger partial charge in [-0.3, -0.25) is 9.59 Å². The van der Waals surface area contributed by atoms with E-state index in [1.807, 2.05) is 43.3 Å². The number of carbonyl (C=O) groups excluding carboxylic acids is 2. The largest absolute Gasteiger partial charge is 0.494 e. The molecule has 1 N–H and O–H groups in total. The van der Waals surface area contributed by atoms with Crippen molar-refractivity contribution in [2.75, 3.05) is 23.4 Å². The van der Waals surface area contributed by atoms with Gasteiger partial charge in [-0.15, -0.1) is 0 Å². The van der Waals surface area contributed by atoms with E-state index in [0.717, 1.165) is 42.9 Å². The van der Waals surface area contributed by atoms with E-state index in [-0.39, 0.29) is 18.2 Å². The molecule has 0 bridgehead atoms. The molecule has 2 aliphatic heterocycles. The highest BCUT2D eigenvalue weighted by atomic mass is 16.7. The second-order valence-corrected chi connectivity index (χ2v) is 8.30. The van der Waals surface area contributed by atoms with Crippen molar-refractivity contribution in [1.82, 2.24) is 0 Å². The summed E-state index contributed by atoms with van der Waals surface area (Å²) in [6, 6.07) is 12.8. The summed E-state index contributed by atoms with van der Waals surface area (Å²) in [6.07, 6.45) is 4.15. The van der Waals surface area contributed by atoms with Gasteiger partial charge in [0.2, 0.25) is 11.8 Å². The number of ether oxygens (including phenoxy) is 3. The van der Waals surface area contributed by atoms with E-state index in [0.29, 0.717) is 24.6 Å². The molecule has 162 valence electrons. The van der Waals surface area contributed by atoms with Crippen LogP contribution >= 0.6 is 0 Å². The van der Waals surface area contributed by atoms with Gasteiger partial charge in [0.1, 0.15) is 5.75 Å². The van der Waals surface area contributed by atoms with E-state index in [1.165, 1.54) is 0 Å². The van der Waals surface area contributed by atoms with Crippen LogP contribution in [-0.2, 0) is 9.59 Å². The van der Waals surface area contributed by atoms with Crippen molar-refractivity contribution in [1.29, 1.82) is 0 Å². The van der Waals surface area contributed by atoms with Crippen LogP contribution in [0, 0.1) is 5.92 Å². The molecule has 7 heteroatoms. The molecule has 2 amide bonds. The summed E-state index contributed by atoms with van der Waals surface area (Å²) in [4.78, 5) is 27.0. The van der Waals surface area contributed by atoms with Gasteiger partial charge in [0.25, 0.3) is 5.79 Å². The molecule has 5 rings (SSSR count). The summed E-state index contributed by atoms with van der Waals surface area (Å²) < 4.78 is 17.5. The van der Waals surface area contributed by atoms with Crippen molar-refractivity contribution < 1.29 is 23.8 Å². The monoisotopic (exact) mass is 422 g/mol. The first kappa shape index (κ1) is 19.7. The Hall–Kier alpha value is -3.22. The van der Waals surface area contributed by atoms with Crippen molar-refractivity contribution >= 4 is 23.2 Å². The molecule has 2 aromatic rings. The lowest BCUT2D eigenvalue weighted by Gasteiger charge is -2.21. The molecular formula is C24H26N2O5. The summed E-state index contributed by atoms with van der Waals surface area (Å²) >= 11 is 0. The zero-order valence-corrected chi connectivity index (χ0v) is 17.6. The number of carbonyl (C=O) groups is 2. The summed E-state index contributed by atoms with van der Waals surface area (Å²) in [6.45, 7) is 2.87. The van der Waals surface area contributed by atoms with Gasteiger partial charge in [-0.05, 0) is 56.2 Å². The van der Waals surface area contributed by atoms with E-state index < -0.39 is 11.7 Å². The number of fused-ring (bicyclic) bond motifs is 1. The maximum Gasteiger partial charge on any atom is 0.251 e. The fourth-order valence-electron chi connectivity index (χ4n) is 4.56. The van der Waals surface area contributed by atoms with Crippen LogP contribution in [-0.4, -0.2) is 30.8 Å². The Balaban J connectivity index is 1.23. The van der Waals surface area contributed by atoms with E-state index in [9.17, 15) is 9.59 Å². The smallest absolute Gasteiger partial charge is 0.251 e. The van der Waals surface area contributed by atoms with E-state index in [4.69, 9.17) is 14.2 Å². The number of amides is 2. The summed E-state index contributed by atoms with van der Waals surface area (Å²) in [7, 11) is 0. The minimum Gasteiger partial charge on any atom is -0.494 e. The molecule has 1 saturated carbocycles. The van der Waals surface area contributed by atoms with Gasteiger partial charge in [0, 0.05) is 43.2 Å². The third kappa shape index (κ3) is 3.80. The van der Waals surface area contributed by atoms with Gasteiger partial charge in [-0.2, -0.15) is 0 Å². The third-order valence-electron chi connectivity index (χ3n) is 6.12. The van der Waals surface area contributed by atoms with E-state index >= 15 is 0 Å². The van der Waals surface area contributed by atoms with Crippen LogP contribution in [0.5, 0.6) is 17.2 Å². The first-order valence-corrected chi connectivity index (χ1v) is 10.9. The van der Waals surface area contributed by atoms with Crippen LogP contribution < -0.4 is 24.4 Å². The van der Waals surface area contributed by atoms with Crippen LogP contribution in [0.15, 0.2) is 42.5 Å². The zero-order valence-electron chi connectivity index (χ0n) is 17.6. The van der Waals surface area contributed by atoms with Gasteiger partial charge in [0.15, 0.2) is 11.5 Å². The molecule has 1 saturated heterocycles. The molecular weight excluding hydrogens is 396 g/mol. The molecule has 2 fully saturated rings. The molecule has 0 unspecified atom stereocenters. The average molecular weight is 422 g/mol. The topological polar surface area (TPSA) is 77.1 Å². The Morgan fingerprint density at radius 3 is 2.61 bits per heavy atom. The molecule has 0 radical (unpaired) electrons.